The molecule has 1 atom stereocenters. The largest absolute Gasteiger partial charge is 0.481 e. The van der Waals surface area contributed by atoms with Gasteiger partial charge in [-0.25, -0.2) is 4.39 Å². The van der Waals surface area contributed by atoms with Crippen LogP contribution in [0.3, 0.4) is 0 Å². The number of halogens is 1. The van der Waals surface area contributed by atoms with Gasteiger partial charge in [-0.2, -0.15) is 0 Å². The van der Waals surface area contributed by atoms with E-state index in [1.54, 1.807) is 6.92 Å². The molecule has 1 aromatic carbocycles. The molecular formula is C12H13FO3. The van der Waals surface area contributed by atoms with E-state index in [0.29, 0.717) is 17.5 Å². The van der Waals surface area contributed by atoms with Gasteiger partial charge in [-0.3, -0.25) is 4.79 Å². The SMILES string of the molecule is CC(C=O)Cc1ccc(F)cc1CC(=O)O. The number of carboxylic acid groups (broad SMARTS) is 1. The highest BCUT2D eigenvalue weighted by Crippen LogP contribution is 2.16. The molecule has 1 rings (SSSR count). The lowest BCUT2D eigenvalue weighted by Gasteiger charge is -2.09. The predicted molar refractivity (Wildman–Crippen MR) is 56.7 cm³/mol. The Morgan fingerprint density at radius 2 is 2.19 bits per heavy atom. The van der Waals surface area contributed by atoms with E-state index in [4.69, 9.17) is 5.11 Å². The second-order valence-corrected chi connectivity index (χ2v) is 3.80. The van der Waals surface area contributed by atoms with E-state index in [1.807, 2.05) is 0 Å². The fraction of sp³-hybridized carbons (Fsp3) is 0.333. The van der Waals surface area contributed by atoms with Crippen LogP contribution in [0, 0.1) is 11.7 Å². The van der Waals surface area contributed by atoms with Crippen LogP contribution in [0.1, 0.15) is 18.1 Å². The molecule has 0 aliphatic rings. The predicted octanol–water partition coefficient (Wildman–Crippen LogP) is 1.83. The van der Waals surface area contributed by atoms with Crippen molar-refractivity contribution in [3.8, 4) is 0 Å². The fourth-order valence-electron chi connectivity index (χ4n) is 1.52. The average molecular weight is 224 g/mol. The van der Waals surface area contributed by atoms with Gasteiger partial charge in [0.2, 0.25) is 0 Å². The summed E-state index contributed by atoms with van der Waals surface area (Å²) >= 11 is 0. The van der Waals surface area contributed by atoms with Crippen LogP contribution in [0.2, 0.25) is 0 Å². The molecule has 0 aromatic heterocycles. The van der Waals surface area contributed by atoms with Gasteiger partial charge in [0.15, 0.2) is 0 Å². The first kappa shape index (κ1) is 12.4. The molecule has 1 aromatic rings. The highest BCUT2D eigenvalue weighted by atomic mass is 19.1. The molecule has 0 bridgehead atoms. The first-order valence-corrected chi connectivity index (χ1v) is 4.97. The van der Waals surface area contributed by atoms with E-state index < -0.39 is 11.8 Å². The number of carboxylic acids is 1. The third kappa shape index (κ3) is 3.46. The minimum absolute atomic E-state index is 0.196. The lowest BCUT2D eigenvalue weighted by Crippen LogP contribution is -2.08. The zero-order chi connectivity index (χ0) is 12.1. The highest BCUT2D eigenvalue weighted by molar-refractivity contribution is 5.70. The van der Waals surface area contributed by atoms with Crippen LogP contribution in [0.25, 0.3) is 0 Å². The number of aliphatic carboxylic acids is 1. The van der Waals surface area contributed by atoms with Crippen molar-refractivity contribution in [2.45, 2.75) is 19.8 Å². The number of aldehydes is 1. The van der Waals surface area contributed by atoms with Gasteiger partial charge in [0, 0.05) is 5.92 Å². The standard InChI is InChI=1S/C12H13FO3/c1-8(7-14)4-9-2-3-11(13)5-10(9)6-12(15)16/h2-3,5,7-8H,4,6H2,1H3,(H,15,16). The first-order chi connectivity index (χ1) is 7.52. The van der Waals surface area contributed by atoms with Gasteiger partial charge in [0.1, 0.15) is 12.1 Å². The van der Waals surface area contributed by atoms with Crippen LogP contribution in [0.4, 0.5) is 4.39 Å². The number of hydrogen-bond acceptors (Lipinski definition) is 2. The molecule has 0 radical (unpaired) electrons. The summed E-state index contributed by atoms with van der Waals surface area (Å²) in [4.78, 5) is 21.1. The van der Waals surface area contributed by atoms with E-state index in [2.05, 4.69) is 0 Å². The van der Waals surface area contributed by atoms with Crippen molar-refractivity contribution < 1.29 is 19.1 Å². The van der Waals surface area contributed by atoms with Crippen LogP contribution < -0.4 is 0 Å². The number of hydrogen-bond donors (Lipinski definition) is 1. The van der Waals surface area contributed by atoms with Gasteiger partial charge >= 0.3 is 5.97 Å². The first-order valence-electron chi connectivity index (χ1n) is 4.97. The van der Waals surface area contributed by atoms with Gasteiger partial charge in [-0.05, 0) is 29.7 Å². The highest BCUT2D eigenvalue weighted by Gasteiger charge is 2.10. The maximum atomic E-state index is 13.0. The second kappa shape index (κ2) is 5.39. The van der Waals surface area contributed by atoms with Gasteiger partial charge in [0.25, 0.3) is 0 Å². The Labute approximate surface area is 92.9 Å². The van der Waals surface area contributed by atoms with E-state index in [1.165, 1.54) is 18.2 Å². The van der Waals surface area contributed by atoms with Crippen molar-refractivity contribution in [1.29, 1.82) is 0 Å². The maximum Gasteiger partial charge on any atom is 0.307 e. The molecule has 1 N–H and O–H groups in total. The van der Waals surface area contributed by atoms with Crippen molar-refractivity contribution in [3.05, 3.63) is 35.1 Å². The minimum atomic E-state index is -1.01. The van der Waals surface area contributed by atoms with Gasteiger partial charge in [-0.15, -0.1) is 0 Å². The molecule has 0 aliphatic heterocycles. The number of rotatable bonds is 5. The third-order valence-electron chi connectivity index (χ3n) is 2.28. The van der Waals surface area contributed by atoms with Crippen LogP contribution in [-0.4, -0.2) is 17.4 Å². The molecule has 86 valence electrons. The second-order valence-electron chi connectivity index (χ2n) is 3.80. The number of carbonyl (C=O) groups is 2. The Morgan fingerprint density at radius 1 is 1.50 bits per heavy atom. The summed E-state index contributed by atoms with van der Waals surface area (Å²) in [6.07, 6.45) is 1.01. The Bertz CT molecular complexity index is 401. The fourth-order valence-corrected chi connectivity index (χ4v) is 1.52. The zero-order valence-corrected chi connectivity index (χ0v) is 8.94. The quantitative estimate of drug-likeness (QED) is 0.776. The molecule has 1 unspecified atom stereocenters. The number of carbonyl (C=O) groups excluding carboxylic acids is 1. The Morgan fingerprint density at radius 3 is 2.75 bits per heavy atom. The summed E-state index contributed by atoms with van der Waals surface area (Å²) in [5, 5.41) is 8.68. The van der Waals surface area contributed by atoms with E-state index in [0.717, 1.165) is 6.29 Å². The monoisotopic (exact) mass is 224 g/mol. The average Bonchev–Trinajstić information content (AvgIpc) is 2.21. The van der Waals surface area contributed by atoms with Crippen molar-refractivity contribution in [2.75, 3.05) is 0 Å². The van der Waals surface area contributed by atoms with Gasteiger partial charge in [0.05, 0.1) is 6.42 Å². The molecule has 0 saturated heterocycles. The summed E-state index contributed by atoms with van der Waals surface area (Å²) in [5.74, 6) is -1.66. The minimum Gasteiger partial charge on any atom is -0.481 e. The molecule has 0 heterocycles. The Kier molecular flexibility index (Phi) is 4.17. The Hall–Kier alpha value is -1.71. The van der Waals surface area contributed by atoms with E-state index in [9.17, 15) is 14.0 Å². The topological polar surface area (TPSA) is 54.4 Å². The normalized spacial score (nSPS) is 12.1. The number of benzene rings is 1. The van der Waals surface area contributed by atoms with Gasteiger partial charge in [-0.1, -0.05) is 13.0 Å². The molecule has 4 heteroatoms. The summed E-state index contributed by atoms with van der Waals surface area (Å²) in [6, 6.07) is 4.02. The molecule has 0 fully saturated rings. The summed E-state index contributed by atoms with van der Waals surface area (Å²) in [6.45, 7) is 1.74. The van der Waals surface area contributed by atoms with Gasteiger partial charge < -0.3 is 9.90 Å². The van der Waals surface area contributed by atoms with Crippen molar-refractivity contribution in [1.82, 2.24) is 0 Å². The lowest BCUT2D eigenvalue weighted by atomic mass is 9.96. The molecule has 0 saturated carbocycles. The summed E-state index contributed by atoms with van der Waals surface area (Å²) < 4.78 is 13.0. The summed E-state index contributed by atoms with van der Waals surface area (Å²) in [5.41, 5.74) is 1.14. The molecule has 0 spiro atoms. The molecule has 3 nitrogen and oxygen atoms in total. The third-order valence-corrected chi connectivity index (χ3v) is 2.28. The van der Waals surface area contributed by atoms with Crippen LogP contribution in [-0.2, 0) is 22.4 Å². The Balaban J connectivity index is 2.97. The van der Waals surface area contributed by atoms with Crippen molar-refractivity contribution in [2.24, 2.45) is 5.92 Å². The van der Waals surface area contributed by atoms with Crippen molar-refractivity contribution in [3.63, 3.8) is 0 Å². The van der Waals surface area contributed by atoms with Crippen LogP contribution in [0.15, 0.2) is 18.2 Å². The van der Waals surface area contributed by atoms with Crippen molar-refractivity contribution >= 4 is 12.3 Å². The smallest absolute Gasteiger partial charge is 0.307 e. The zero-order valence-electron chi connectivity index (χ0n) is 8.94. The summed E-state index contributed by atoms with van der Waals surface area (Å²) in [7, 11) is 0. The van der Waals surface area contributed by atoms with Crippen LogP contribution >= 0.6 is 0 Å². The molecular weight excluding hydrogens is 211 g/mol. The van der Waals surface area contributed by atoms with E-state index >= 15 is 0 Å². The maximum absolute atomic E-state index is 13.0. The molecule has 16 heavy (non-hydrogen) atoms. The van der Waals surface area contributed by atoms with Crippen LogP contribution in [0.5, 0.6) is 0 Å². The molecule has 0 aliphatic carbocycles. The van der Waals surface area contributed by atoms with E-state index in [-0.39, 0.29) is 12.3 Å². The molecule has 0 amide bonds. The lowest BCUT2D eigenvalue weighted by molar-refractivity contribution is -0.136.